The molecule has 1 aromatic carbocycles. The third-order valence-corrected chi connectivity index (χ3v) is 3.44. The standard InChI is InChI=1S/C15H22O2/c1-10(6-5-7-15(16)17)14-9-12(3)11(2)8-13(14)4/h8-10H,5-7H2,1-4H3,(H,16,17). The summed E-state index contributed by atoms with van der Waals surface area (Å²) in [7, 11) is 0. The molecule has 1 aromatic rings. The average Bonchev–Trinajstić information content (AvgIpc) is 2.22. The van der Waals surface area contributed by atoms with Crippen LogP contribution >= 0.6 is 0 Å². The van der Waals surface area contributed by atoms with Crippen LogP contribution in [0.25, 0.3) is 0 Å². The van der Waals surface area contributed by atoms with Crippen molar-refractivity contribution in [1.82, 2.24) is 0 Å². The Morgan fingerprint density at radius 3 is 2.35 bits per heavy atom. The number of carboxylic acid groups (broad SMARTS) is 1. The topological polar surface area (TPSA) is 37.3 Å². The molecular weight excluding hydrogens is 212 g/mol. The summed E-state index contributed by atoms with van der Waals surface area (Å²) in [5, 5.41) is 8.63. The molecule has 1 unspecified atom stereocenters. The fourth-order valence-corrected chi connectivity index (χ4v) is 2.23. The van der Waals surface area contributed by atoms with Crippen LogP contribution in [0.15, 0.2) is 12.1 Å². The van der Waals surface area contributed by atoms with Gasteiger partial charge in [-0.05, 0) is 61.8 Å². The lowest BCUT2D eigenvalue weighted by Gasteiger charge is -2.16. The Morgan fingerprint density at radius 2 is 1.76 bits per heavy atom. The third kappa shape index (κ3) is 3.88. The maximum Gasteiger partial charge on any atom is 0.303 e. The first-order valence-corrected chi connectivity index (χ1v) is 6.21. The summed E-state index contributed by atoms with van der Waals surface area (Å²) in [4.78, 5) is 10.5. The lowest BCUT2D eigenvalue weighted by atomic mass is 9.89. The smallest absolute Gasteiger partial charge is 0.303 e. The molecule has 0 saturated heterocycles. The summed E-state index contributed by atoms with van der Waals surface area (Å²) < 4.78 is 0. The zero-order valence-electron chi connectivity index (χ0n) is 11.2. The second-order valence-electron chi connectivity index (χ2n) is 4.98. The zero-order chi connectivity index (χ0) is 13.0. The molecule has 1 rings (SSSR count). The van der Waals surface area contributed by atoms with Crippen molar-refractivity contribution in [3.8, 4) is 0 Å². The molecule has 0 radical (unpaired) electrons. The van der Waals surface area contributed by atoms with E-state index < -0.39 is 5.97 Å². The summed E-state index contributed by atoms with van der Waals surface area (Å²) in [6, 6.07) is 4.47. The Morgan fingerprint density at radius 1 is 1.18 bits per heavy atom. The number of aliphatic carboxylic acids is 1. The number of rotatable bonds is 5. The van der Waals surface area contributed by atoms with Crippen LogP contribution in [0.1, 0.15) is 54.4 Å². The molecule has 94 valence electrons. The van der Waals surface area contributed by atoms with Crippen molar-refractivity contribution in [1.29, 1.82) is 0 Å². The van der Waals surface area contributed by atoms with E-state index in [-0.39, 0.29) is 6.42 Å². The Kier molecular flexibility index (Phi) is 4.73. The van der Waals surface area contributed by atoms with Gasteiger partial charge in [0, 0.05) is 6.42 Å². The predicted molar refractivity (Wildman–Crippen MR) is 70.6 cm³/mol. The van der Waals surface area contributed by atoms with Gasteiger partial charge in [-0.25, -0.2) is 0 Å². The van der Waals surface area contributed by atoms with Gasteiger partial charge >= 0.3 is 5.97 Å². The highest BCUT2D eigenvalue weighted by molar-refractivity contribution is 5.66. The van der Waals surface area contributed by atoms with Gasteiger partial charge in [-0.15, -0.1) is 0 Å². The van der Waals surface area contributed by atoms with Crippen LogP contribution in [0, 0.1) is 20.8 Å². The van der Waals surface area contributed by atoms with Crippen molar-refractivity contribution in [3.63, 3.8) is 0 Å². The minimum absolute atomic E-state index is 0.272. The highest BCUT2D eigenvalue weighted by atomic mass is 16.4. The molecule has 0 aromatic heterocycles. The summed E-state index contributed by atoms with van der Waals surface area (Å²) in [5.74, 6) is -0.261. The van der Waals surface area contributed by atoms with Crippen molar-refractivity contribution in [2.75, 3.05) is 0 Å². The first kappa shape index (κ1) is 13.8. The fraction of sp³-hybridized carbons (Fsp3) is 0.533. The van der Waals surface area contributed by atoms with Crippen LogP contribution in [0.3, 0.4) is 0 Å². The summed E-state index contributed by atoms with van der Waals surface area (Å²) in [6.45, 7) is 8.57. The van der Waals surface area contributed by atoms with Gasteiger partial charge in [0.25, 0.3) is 0 Å². The van der Waals surface area contributed by atoms with E-state index in [0.29, 0.717) is 5.92 Å². The first-order chi connectivity index (χ1) is 7.91. The van der Waals surface area contributed by atoms with Gasteiger partial charge in [0.15, 0.2) is 0 Å². The van der Waals surface area contributed by atoms with Crippen LogP contribution in [0.5, 0.6) is 0 Å². The molecular formula is C15H22O2. The zero-order valence-corrected chi connectivity index (χ0v) is 11.2. The quantitative estimate of drug-likeness (QED) is 0.837. The number of carbonyl (C=O) groups is 1. The molecule has 0 spiro atoms. The number of aryl methyl sites for hydroxylation is 3. The van der Waals surface area contributed by atoms with Gasteiger partial charge in [0.05, 0.1) is 0 Å². The highest BCUT2D eigenvalue weighted by Gasteiger charge is 2.10. The Bertz CT molecular complexity index is 408. The summed E-state index contributed by atoms with van der Waals surface area (Å²) >= 11 is 0. The summed E-state index contributed by atoms with van der Waals surface area (Å²) in [6.07, 6.45) is 1.97. The van der Waals surface area contributed by atoms with Crippen molar-refractivity contribution in [2.45, 2.75) is 52.9 Å². The van der Waals surface area contributed by atoms with E-state index in [4.69, 9.17) is 5.11 Å². The lowest BCUT2D eigenvalue weighted by molar-refractivity contribution is -0.137. The van der Waals surface area contributed by atoms with Crippen molar-refractivity contribution < 1.29 is 9.90 Å². The third-order valence-electron chi connectivity index (χ3n) is 3.44. The SMILES string of the molecule is Cc1cc(C)c(C(C)CCCC(=O)O)cc1C. The molecule has 0 heterocycles. The van der Waals surface area contributed by atoms with Crippen LogP contribution < -0.4 is 0 Å². The van der Waals surface area contributed by atoms with Gasteiger partial charge in [0.2, 0.25) is 0 Å². The van der Waals surface area contributed by atoms with E-state index >= 15 is 0 Å². The molecule has 0 aliphatic rings. The van der Waals surface area contributed by atoms with Gasteiger partial charge in [-0.1, -0.05) is 19.1 Å². The second kappa shape index (κ2) is 5.85. The molecule has 0 saturated carbocycles. The van der Waals surface area contributed by atoms with E-state index in [1.165, 1.54) is 22.3 Å². The Labute approximate surface area is 104 Å². The summed E-state index contributed by atoms with van der Waals surface area (Å²) in [5.41, 5.74) is 5.31. The van der Waals surface area contributed by atoms with E-state index in [1.54, 1.807) is 0 Å². The number of carboxylic acids is 1. The van der Waals surface area contributed by atoms with Crippen molar-refractivity contribution >= 4 is 5.97 Å². The van der Waals surface area contributed by atoms with Crippen molar-refractivity contribution in [3.05, 3.63) is 34.4 Å². The molecule has 0 bridgehead atoms. The van der Waals surface area contributed by atoms with Gasteiger partial charge in [0.1, 0.15) is 0 Å². The van der Waals surface area contributed by atoms with E-state index in [9.17, 15) is 4.79 Å². The first-order valence-electron chi connectivity index (χ1n) is 6.21. The monoisotopic (exact) mass is 234 g/mol. The van der Waals surface area contributed by atoms with E-state index in [1.807, 2.05) is 0 Å². The molecule has 1 N–H and O–H groups in total. The van der Waals surface area contributed by atoms with Gasteiger partial charge in [-0.3, -0.25) is 4.79 Å². The fourth-order valence-electron chi connectivity index (χ4n) is 2.23. The molecule has 0 aliphatic carbocycles. The molecule has 0 amide bonds. The molecule has 17 heavy (non-hydrogen) atoms. The minimum Gasteiger partial charge on any atom is -0.481 e. The molecule has 1 atom stereocenters. The Balaban J connectivity index is 2.71. The Hall–Kier alpha value is -1.31. The van der Waals surface area contributed by atoms with E-state index in [2.05, 4.69) is 39.8 Å². The predicted octanol–water partition coefficient (Wildman–Crippen LogP) is 3.97. The normalized spacial score (nSPS) is 12.5. The average molecular weight is 234 g/mol. The molecule has 0 fully saturated rings. The van der Waals surface area contributed by atoms with Crippen LogP contribution in [-0.4, -0.2) is 11.1 Å². The second-order valence-corrected chi connectivity index (χ2v) is 4.98. The number of benzene rings is 1. The largest absolute Gasteiger partial charge is 0.481 e. The van der Waals surface area contributed by atoms with Gasteiger partial charge < -0.3 is 5.11 Å². The molecule has 2 nitrogen and oxygen atoms in total. The number of hydrogen-bond donors (Lipinski definition) is 1. The molecule has 2 heteroatoms. The lowest BCUT2D eigenvalue weighted by Crippen LogP contribution is -2.01. The number of hydrogen-bond acceptors (Lipinski definition) is 1. The van der Waals surface area contributed by atoms with Crippen LogP contribution in [-0.2, 0) is 4.79 Å². The van der Waals surface area contributed by atoms with Crippen LogP contribution in [0.4, 0.5) is 0 Å². The van der Waals surface area contributed by atoms with Crippen molar-refractivity contribution in [2.24, 2.45) is 0 Å². The van der Waals surface area contributed by atoms with Crippen LogP contribution in [0.2, 0.25) is 0 Å². The van der Waals surface area contributed by atoms with Gasteiger partial charge in [-0.2, -0.15) is 0 Å². The van der Waals surface area contributed by atoms with E-state index in [0.717, 1.165) is 12.8 Å². The highest BCUT2D eigenvalue weighted by Crippen LogP contribution is 2.26. The maximum absolute atomic E-state index is 10.5. The minimum atomic E-state index is -0.700. The molecule has 0 aliphatic heterocycles. The maximum atomic E-state index is 10.5.